The Balaban J connectivity index is 2.77. The standard InChI is InChI=1S/C12H15N3S/c1-12(2,7-16)10-8-5-3-4-6-9(8)14-11(13)15-10/h3-6,16H,7H2,1-2H3,(H2,13,14,15). The third-order valence-corrected chi connectivity index (χ3v) is 3.45. The molecule has 0 spiro atoms. The first-order valence-electron chi connectivity index (χ1n) is 5.18. The summed E-state index contributed by atoms with van der Waals surface area (Å²) in [6.07, 6.45) is 0. The van der Waals surface area contributed by atoms with Crippen molar-refractivity contribution in [1.29, 1.82) is 0 Å². The summed E-state index contributed by atoms with van der Waals surface area (Å²) in [5.74, 6) is 1.04. The number of nitrogens with two attached hydrogens (primary N) is 1. The number of hydrogen-bond acceptors (Lipinski definition) is 4. The molecule has 0 saturated carbocycles. The van der Waals surface area contributed by atoms with Crippen LogP contribution in [0.2, 0.25) is 0 Å². The molecule has 0 aliphatic carbocycles. The molecule has 16 heavy (non-hydrogen) atoms. The van der Waals surface area contributed by atoms with Crippen LogP contribution in [0.3, 0.4) is 0 Å². The molecule has 84 valence electrons. The lowest BCUT2D eigenvalue weighted by atomic mass is 9.89. The van der Waals surface area contributed by atoms with Crippen molar-refractivity contribution < 1.29 is 0 Å². The highest BCUT2D eigenvalue weighted by Gasteiger charge is 2.23. The summed E-state index contributed by atoms with van der Waals surface area (Å²) in [4.78, 5) is 8.59. The molecule has 0 amide bonds. The minimum atomic E-state index is -0.111. The Morgan fingerprint density at radius 2 is 1.94 bits per heavy atom. The molecule has 1 aromatic carbocycles. The third-order valence-electron chi connectivity index (χ3n) is 2.66. The number of benzene rings is 1. The summed E-state index contributed by atoms with van der Waals surface area (Å²) in [5.41, 5.74) is 7.47. The SMILES string of the molecule is CC(C)(CS)c1nc(N)nc2ccccc12. The fraction of sp³-hybridized carbons (Fsp3) is 0.333. The van der Waals surface area contributed by atoms with Gasteiger partial charge in [-0.1, -0.05) is 32.0 Å². The van der Waals surface area contributed by atoms with Crippen molar-refractivity contribution in [2.75, 3.05) is 11.5 Å². The van der Waals surface area contributed by atoms with Gasteiger partial charge in [-0.15, -0.1) is 0 Å². The maximum atomic E-state index is 5.73. The van der Waals surface area contributed by atoms with Crippen molar-refractivity contribution >= 4 is 29.5 Å². The zero-order valence-electron chi connectivity index (χ0n) is 9.44. The van der Waals surface area contributed by atoms with Crippen molar-refractivity contribution in [2.24, 2.45) is 0 Å². The molecule has 1 aromatic heterocycles. The predicted molar refractivity (Wildman–Crippen MR) is 70.8 cm³/mol. The molecule has 0 aliphatic heterocycles. The minimum absolute atomic E-state index is 0.111. The lowest BCUT2D eigenvalue weighted by molar-refractivity contribution is 0.588. The van der Waals surface area contributed by atoms with Crippen LogP contribution in [-0.2, 0) is 5.41 Å². The fourth-order valence-electron chi connectivity index (χ4n) is 1.69. The van der Waals surface area contributed by atoms with Crippen LogP contribution in [0, 0.1) is 0 Å². The second-order valence-corrected chi connectivity index (χ2v) is 4.81. The first kappa shape index (κ1) is 11.2. The summed E-state index contributed by atoms with van der Waals surface area (Å²) in [7, 11) is 0. The van der Waals surface area contributed by atoms with Crippen molar-refractivity contribution in [3.63, 3.8) is 0 Å². The first-order chi connectivity index (χ1) is 7.54. The molecule has 0 radical (unpaired) electrons. The summed E-state index contributed by atoms with van der Waals surface area (Å²) in [6.45, 7) is 4.21. The second-order valence-electron chi connectivity index (χ2n) is 4.49. The van der Waals surface area contributed by atoms with Gasteiger partial charge in [-0.3, -0.25) is 0 Å². The lowest BCUT2D eigenvalue weighted by Gasteiger charge is -2.23. The van der Waals surface area contributed by atoms with Gasteiger partial charge >= 0.3 is 0 Å². The van der Waals surface area contributed by atoms with Crippen LogP contribution in [-0.4, -0.2) is 15.7 Å². The van der Waals surface area contributed by atoms with E-state index in [4.69, 9.17) is 5.73 Å². The van der Waals surface area contributed by atoms with Gasteiger partial charge in [-0.2, -0.15) is 12.6 Å². The van der Waals surface area contributed by atoms with Crippen LogP contribution in [0.25, 0.3) is 10.9 Å². The van der Waals surface area contributed by atoms with Gasteiger partial charge in [-0.25, -0.2) is 9.97 Å². The minimum Gasteiger partial charge on any atom is -0.368 e. The molecule has 0 fully saturated rings. The Bertz CT molecular complexity index is 523. The Hall–Kier alpha value is -1.29. The van der Waals surface area contributed by atoms with E-state index in [0.29, 0.717) is 11.7 Å². The third kappa shape index (κ3) is 1.85. The second kappa shape index (κ2) is 3.94. The topological polar surface area (TPSA) is 51.8 Å². The van der Waals surface area contributed by atoms with Gasteiger partial charge < -0.3 is 5.73 Å². The predicted octanol–water partition coefficient (Wildman–Crippen LogP) is 2.42. The van der Waals surface area contributed by atoms with Crippen LogP contribution in [0.15, 0.2) is 24.3 Å². The number of hydrogen-bond donors (Lipinski definition) is 2. The number of aromatic nitrogens is 2. The number of anilines is 1. The lowest BCUT2D eigenvalue weighted by Crippen LogP contribution is -2.22. The monoisotopic (exact) mass is 233 g/mol. The molecule has 0 atom stereocenters. The van der Waals surface area contributed by atoms with E-state index in [1.165, 1.54) is 0 Å². The van der Waals surface area contributed by atoms with E-state index in [2.05, 4.69) is 36.4 Å². The first-order valence-corrected chi connectivity index (χ1v) is 5.81. The van der Waals surface area contributed by atoms with E-state index in [-0.39, 0.29) is 5.41 Å². The smallest absolute Gasteiger partial charge is 0.220 e. The number of fused-ring (bicyclic) bond motifs is 1. The highest BCUT2D eigenvalue weighted by Crippen LogP contribution is 2.29. The van der Waals surface area contributed by atoms with Gasteiger partial charge in [-0.05, 0) is 6.07 Å². The Kier molecular flexibility index (Phi) is 2.76. The van der Waals surface area contributed by atoms with E-state index in [1.807, 2.05) is 24.3 Å². The Labute approximate surface area is 101 Å². The van der Waals surface area contributed by atoms with Crippen LogP contribution in [0.4, 0.5) is 5.95 Å². The highest BCUT2D eigenvalue weighted by atomic mass is 32.1. The van der Waals surface area contributed by atoms with Gasteiger partial charge in [0.25, 0.3) is 0 Å². The molecule has 0 saturated heterocycles. The number of nitrogen functional groups attached to an aromatic ring is 1. The summed E-state index contributed by atoms with van der Waals surface area (Å²) in [6, 6.07) is 7.91. The molecule has 0 aliphatic rings. The van der Waals surface area contributed by atoms with Crippen molar-refractivity contribution in [2.45, 2.75) is 19.3 Å². The summed E-state index contributed by atoms with van der Waals surface area (Å²) >= 11 is 4.37. The normalized spacial score (nSPS) is 11.9. The summed E-state index contributed by atoms with van der Waals surface area (Å²) in [5, 5.41) is 1.05. The fourth-order valence-corrected chi connectivity index (χ4v) is 1.84. The van der Waals surface area contributed by atoms with E-state index in [1.54, 1.807) is 0 Å². The Morgan fingerprint density at radius 1 is 1.25 bits per heavy atom. The van der Waals surface area contributed by atoms with E-state index < -0.39 is 0 Å². The average Bonchev–Trinajstić information content (AvgIpc) is 2.28. The molecule has 4 heteroatoms. The van der Waals surface area contributed by atoms with Gasteiger partial charge in [0.1, 0.15) is 0 Å². The van der Waals surface area contributed by atoms with Gasteiger partial charge in [0.2, 0.25) is 5.95 Å². The van der Waals surface area contributed by atoms with Crippen molar-refractivity contribution in [1.82, 2.24) is 9.97 Å². The quantitative estimate of drug-likeness (QED) is 0.783. The molecule has 3 nitrogen and oxygen atoms in total. The van der Waals surface area contributed by atoms with E-state index in [0.717, 1.165) is 16.6 Å². The largest absolute Gasteiger partial charge is 0.368 e. The van der Waals surface area contributed by atoms with Crippen LogP contribution >= 0.6 is 12.6 Å². The molecule has 2 N–H and O–H groups in total. The zero-order valence-corrected chi connectivity index (χ0v) is 10.3. The number of rotatable bonds is 2. The van der Waals surface area contributed by atoms with Gasteiger partial charge in [0, 0.05) is 16.6 Å². The van der Waals surface area contributed by atoms with Crippen LogP contribution < -0.4 is 5.73 Å². The molecule has 2 aromatic rings. The molecular weight excluding hydrogens is 218 g/mol. The van der Waals surface area contributed by atoms with Gasteiger partial charge in [0.05, 0.1) is 11.2 Å². The maximum Gasteiger partial charge on any atom is 0.220 e. The molecule has 0 unspecified atom stereocenters. The maximum absolute atomic E-state index is 5.73. The van der Waals surface area contributed by atoms with Crippen molar-refractivity contribution in [3.05, 3.63) is 30.0 Å². The van der Waals surface area contributed by atoms with Crippen LogP contribution in [0.5, 0.6) is 0 Å². The molecule has 1 heterocycles. The number of nitrogens with zero attached hydrogens (tertiary/aromatic N) is 2. The average molecular weight is 233 g/mol. The molecule has 2 rings (SSSR count). The molecule has 0 bridgehead atoms. The highest BCUT2D eigenvalue weighted by molar-refractivity contribution is 7.80. The number of thiol groups is 1. The van der Waals surface area contributed by atoms with Crippen molar-refractivity contribution in [3.8, 4) is 0 Å². The number of para-hydroxylation sites is 1. The Morgan fingerprint density at radius 3 is 2.62 bits per heavy atom. The zero-order chi connectivity index (χ0) is 11.8. The summed E-state index contributed by atoms with van der Waals surface area (Å²) < 4.78 is 0. The van der Waals surface area contributed by atoms with Crippen LogP contribution in [0.1, 0.15) is 19.5 Å². The van der Waals surface area contributed by atoms with E-state index >= 15 is 0 Å². The van der Waals surface area contributed by atoms with E-state index in [9.17, 15) is 0 Å². The molecular formula is C12H15N3S. The van der Waals surface area contributed by atoms with Gasteiger partial charge in [0.15, 0.2) is 0 Å².